The van der Waals surface area contributed by atoms with E-state index in [0.717, 1.165) is 0 Å². The second-order valence-electron chi connectivity index (χ2n) is 4.61. The molecule has 1 aromatic rings. The Morgan fingerprint density at radius 2 is 2.00 bits per heavy atom. The summed E-state index contributed by atoms with van der Waals surface area (Å²) in [6.07, 6.45) is 3.91. The highest BCUT2D eigenvalue weighted by atomic mass is 16.5. The van der Waals surface area contributed by atoms with Crippen LogP contribution in [-0.2, 0) is 14.9 Å². The Balaban J connectivity index is 1.99. The Bertz CT molecular complexity index is 333. The van der Waals surface area contributed by atoms with Gasteiger partial charge in [0.25, 0.3) is 0 Å². The maximum absolute atomic E-state index is 9.59. The minimum atomic E-state index is -0.132. The molecule has 4 heteroatoms. The second-order valence-corrected chi connectivity index (χ2v) is 4.61. The van der Waals surface area contributed by atoms with E-state index in [-0.39, 0.29) is 17.4 Å². The first-order valence-electron chi connectivity index (χ1n) is 5.23. The lowest BCUT2D eigenvalue weighted by Gasteiger charge is -2.58. The average Bonchev–Trinajstić information content (AvgIpc) is 2.60. The van der Waals surface area contributed by atoms with Crippen LogP contribution in [0.2, 0.25) is 0 Å². The van der Waals surface area contributed by atoms with E-state index in [0.29, 0.717) is 26.4 Å². The zero-order chi connectivity index (χ0) is 10.4. The molecule has 2 fully saturated rings. The number of aromatic nitrogens is 1. The third-order valence-corrected chi connectivity index (χ3v) is 3.92. The van der Waals surface area contributed by atoms with E-state index in [9.17, 15) is 5.11 Å². The van der Waals surface area contributed by atoms with Crippen LogP contribution in [0.4, 0.5) is 0 Å². The molecule has 3 heterocycles. The molecule has 3 rings (SSSR count). The van der Waals surface area contributed by atoms with Crippen molar-refractivity contribution in [2.24, 2.45) is 5.41 Å². The van der Waals surface area contributed by atoms with Crippen LogP contribution < -0.4 is 0 Å². The summed E-state index contributed by atoms with van der Waals surface area (Å²) >= 11 is 0. The lowest BCUT2D eigenvalue weighted by molar-refractivity contribution is -0.242. The van der Waals surface area contributed by atoms with Crippen molar-refractivity contribution in [1.82, 2.24) is 4.98 Å². The second kappa shape index (κ2) is 3.07. The van der Waals surface area contributed by atoms with Gasteiger partial charge in [-0.15, -0.1) is 0 Å². The number of rotatable bonds is 3. The largest absolute Gasteiger partial charge is 0.396 e. The van der Waals surface area contributed by atoms with Crippen molar-refractivity contribution in [3.8, 4) is 0 Å². The highest BCUT2D eigenvalue weighted by Crippen LogP contribution is 2.51. The molecule has 0 unspecified atom stereocenters. The van der Waals surface area contributed by atoms with Gasteiger partial charge >= 0.3 is 0 Å². The molecule has 0 spiro atoms. The number of nitrogens with one attached hydrogen (secondary N) is 1. The highest BCUT2D eigenvalue weighted by molar-refractivity contribution is 5.31. The van der Waals surface area contributed by atoms with Gasteiger partial charge in [-0.1, -0.05) is 0 Å². The summed E-state index contributed by atoms with van der Waals surface area (Å²) in [5.41, 5.74) is 1.05. The average molecular weight is 209 g/mol. The number of aromatic amines is 1. The smallest absolute Gasteiger partial charge is 0.0594 e. The van der Waals surface area contributed by atoms with Gasteiger partial charge in [-0.3, -0.25) is 0 Å². The predicted molar refractivity (Wildman–Crippen MR) is 53.6 cm³/mol. The molecule has 4 nitrogen and oxygen atoms in total. The zero-order valence-corrected chi connectivity index (χ0v) is 8.53. The minimum absolute atomic E-state index is 0.0417. The van der Waals surface area contributed by atoms with Crippen molar-refractivity contribution in [2.45, 2.75) is 5.41 Å². The van der Waals surface area contributed by atoms with Crippen molar-refractivity contribution in [3.05, 3.63) is 24.0 Å². The number of ether oxygens (including phenoxy) is 2. The lowest BCUT2D eigenvalue weighted by atomic mass is 9.58. The summed E-state index contributed by atoms with van der Waals surface area (Å²) in [6.45, 7) is 2.82. The summed E-state index contributed by atoms with van der Waals surface area (Å²) in [4.78, 5) is 3.07. The molecule has 15 heavy (non-hydrogen) atoms. The molecular weight excluding hydrogens is 194 g/mol. The molecule has 0 aliphatic carbocycles. The third-order valence-electron chi connectivity index (χ3n) is 3.92. The fourth-order valence-corrected chi connectivity index (χ4v) is 2.57. The van der Waals surface area contributed by atoms with Crippen LogP contribution >= 0.6 is 0 Å². The zero-order valence-electron chi connectivity index (χ0n) is 8.53. The monoisotopic (exact) mass is 209 g/mol. The standard InChI is InChI=1S/C11H15NO3/c13-4-10(5-14-6-10)11(7-15-8-11)9-1-2-12-3-9/h1-3,12-13H,4-8H2. The van der Waals surface area contributed by atoms with Gasteiger partial charge in [0.1, 0.15) is 0 Å². The Morgan fingerprint density at radius 1 is 1.27 bits per heavy atom. The Morgan fingerprint density at radius 3 is 2.33 bits per heavy atom. The van der Waals surface area contributed by atoms with Crippen LogP contribution in [0.1, 0.15) is 5.56 Å². The Kier molecular flexibility index (Phi) is 1.92. The summed E-state index contributed by atoms with van der Waals surface area (Å²) in [7, 11) is 0. The number of H-pyrrole nitrogens is 1. The first kappa shape index (κ1) is 9.39. The molecule has 0 aromatic carbocycles. The molecule has 1 aromatic heterocycles. The van der Waals surface area contributed by atoms with Crippen LogP contribution in [0.25, 0.3) is 0 Å². The van der Waals surface area contributed by atoms with Gasteiger partial charge in [0, 0.05) is 12.4 Å². The van der Waals surface area contributed by atoms with E-state index in [1.54, 1.807) is 0 Å². The lowest BCUT2D eigenvalue weighted by Crippen LogP contribution is -2.68. The van der Waals surface area contributed by atoms with Gasteiger partial charge in [0.15, 0.2) is 0 Å². The van der Waals surface area contributed by atoms with Crippen LogP contribution in [0.5, 0.6) is 0 Å². The molecule has 0 radical (unpaired) electrons. The van der Waals surface area contributed by atoms with Crippen LogP contribution in [0.15, 0.2) is 18.5 Å². The van der Waals surface area contributed by atoms with Crippen LogP contribution in [-0.4, -0.2) is 43.1 Å². The molecule has 2 aliphatic heterocycles. The van der Waals surface area contributed by atoms with E-state index in [2.05, 4.69) is 11.1 Å². The number of hydrogen-bond donors (Lipinski definition) is 2. The van der Waals surface area contributed by atoms with E-state index in [1.165, 1.54) is 5.56 Å². The Labute approximate surface area is 88.2 Å². The fraction of sp³-hybridized carbons (Fsp3) is 0.636. The first-order valence-corrected chi connectivity index (χ1v) is 5.23. The van der Waals surface area contributed by atoms with E-state index in [4.69, 9.17) is 9.47 Å². The topological polar surface area (TPSA) is 54.5 Å². The summed E-state index contributed by atoms with van der Waals surface area (Å²) < 4.78 is 10.6. The minimum Gasteiger partial charge on any atom is -0.396 e. The summed E-state index contributed by atoms with van der Waals surface area (Å²) in [6, 6.07) is 2.07. The Hall–Kier alpha value is -0.840. The third kappa shape index (κ3) is 1.02. The van der Waals surface area contributed by atoms with Gasteiger partial charge in [0.2, 0.25) is 0 Å². The van der Waals surface area contributed by atoms with Gasteiger partial charge in [-0.25, -0.2) is 0 Å². The molecule has 0 atom stereocenters. The van der Waals surface area contributed by atoms with E-state index < -0.39 is 0 Å². The molecular formula is C11H15NO3. The quantitative estimate of drug-likeness (QED) is 0.752. The number of aliphatic hydroxyl groups excluding tert-OH is 1. The first-order chi connectivity index (χ1) is 7.33. The van der Waals surface area contributed by atoms with Crippen molar-refractivity contribution in [1.29, 1.82) is 0 Å². The predicted octanol–water partition coefficient (Wildman–Crippen LogP) is 0.292. The number of aliphatic hydroxyl groups is 1. The van der Waals surface area contributed by atoms with Crippen molar-refractivity contribution < 1.29 is 14.6 Å². The molecule has 0 amide bonds. The molecule has 2 aliphatic rings. The van der Waals surface area contributed by atoms with Crippen molar-refractivity contribution >= 4 is 0 Å². The van der Waals surface area contributed by atoms with Crippen LogP contribution in [0.3, 0.4) is 0 Å². The molecule has 0 saturated carbocycles. The SMILES string of the molecule is OCC1(C2(c3cc[nH]c3)COC2)COC1. The van der Waals surface area contributed by atoms with Crippen molar-refractivity contribution in [2.75, 3.05) is 33.0 Å². The highest BCUT2D eigenvalue weighted by Gasteiger charge is 2.61. The molecule has 2 saturated heterocycles. The molecule has 2 N–H and O–H groups in total. The van der Waals surface area contributed by atoms with Gasteiger partial charge in [-0.2, -0.15) is 0 Å². The number of hydrogen-bond acceptors (Lipinski definition) is 3. The van der Waals surface area contributed by atoms with E-state index >= 15 is 0 Å². The normalized spacial score (nSPS) is 26.7. The summed E-state index contributed by atoms with van der Waals surface area (Å²) in [5.74, 6) is 0. The maximum atomic E-state index is 9.59. The van der Waals surface area contributed by atoms with Gasteiger partial charge < -0.3 is 19.6 Å². The van der Waals surface area contributed by atoms with Crippen LogP contribution in [0, 0.1) is 5.41 Å². The van der Waals surface area contributed by atoms with E-state index in [1.807, 2.05) is 12.4 Å². The van der Waals surface area contributed by atoms with Crippen molar-refractivity contribution in [3.63, 3.8) is 0 Å². The molecule has 0 bridgehead atoms. The fourth-order valence-electron chi connectivity index (χ4n) is 2.57. The maximum Gasteiger partial charge on any atom is 0.0594 e. The molecule has 82 valence electrons. The van der Waals surface area contributed by atoms with Gasteiger partial charge in [0.05, 0.1) is 43.9 Å². The van der Waals surface area contributed by atoms with Gasteiger partial charge in [-0.05, 0) is 11.6 Å². The summed E-state index contributed by atoms with van der Waals surface area (Å²) in [5, 5.41) is 9.59.